The standard InChI is InChI=1S/C24H32N6O/c1-25-24(27-16-22(29(2)3)19-12-9-13-20(14-19)31-5)30(4)17-23-26-15-21(28-23)18-10-7-6-8-11-18/h6-15,22H,16-17H2,1-5H3,(H,25,27)(H,26,28). The smallest absolute Gasteiger partial charge is 0.193 e. The van der Waals surface area contributed by atoms with Gasteiger partial charge in [-0.25, -0.2) is 4.98 Å². The molecule has 0 radical (unpaired) electrons. The molecule has 1 heterocycles. The van der Waals surface area contributed by atoms with Crippen molar-refractivity contribution < 1.29 is 4.74 Å². The molecular weight excluding hydrogens is 388 g/mol. The third-order valence-corrected chi connectivity index (χ3v) is 5.23. The lowest BCUT2D eigenvalue weighted by Gasteiger charge is -2.28. The molecule has 0 amide bonds. The number of aromatic nitrogens is 2. The predicted molar refractivity (Wildman–Crippen MR) is 126 cm³/mol. The van der Waals surface area contributed by atoms with E-state index in [1.807, 2.05) is 43.6 Å². The number of hydrogen-bond acceptors (Lipinski definition) is 4. The average Bonchev–Trinajstić information content (AvgIpc) is 3.25. The van der Waals surface area contributed by atoms with Crippen molar-refractivity contribution in [3.8, 4) is 17.0 Å². The number of H-pyrrole nitrogens is 1. The van der Waals surface area contributed by atoms with Crippen molar-refractivity contribution >= 4 is 5.96 Å². The number of ether oxygens (including phenoxy) is 1. The van der Waals surface area contributed by atoms with Crippen LogP contribution < -0.4 is 10.1 Å². The molecule has 7 heteroatoms. The van der Waals surface area contributed by atoms with Crippen LogP contribution >= 0.6 is 0 Å². The van der Waals surface area contributed by atoms with Gasteiger partial charge in [-0.2, -0.15) is 0 Å². The zero-order valence-corrected chi connectivity index (χ0v) is 19.0. The fourth-order valence-electron chi connectivity index (χ4n) is 3.53. The number of benzene rings is 2. The highest BCUT2D eigenvalue weighted by Gasteiger charge is 2.17. The second kappa shape index (κ2) is 10.6. The van der Waals surface area contributed by atoms with Gasteiger partial charge in [-0.05, 0) is 37.4 Å². The highest BCUT2D eigenvalue weighted by Crippen LogP contribution is 2.22. The van der Waals surface area contributed by atoms with E-state index in [9.17, 15) is 0 Å². The van der Waals surface area contributed by atoms with Crippen LogP contribution in [0.25, 0.3) is 11.3 Å². The minimum Gasteiger partial charge on any atom is -0.497 e. The highest BCUT2D eigenvalue weighted by atomic mass is 16.5. The normalized spacial score (nSPS) is 12.6. The van der Waals surface area contributed by atoms with E-state index in [2.05, 4.69) is 68.4 Å². The first-order valence-electron chi connectivity index (χ1n) is 10.3. The molecule has 0 aliphatic heterocycles. The Balaban J connectivity index is 1.64. The Hall–Kier alpha value is -3.32. The molecule has 2 aromatic carbocycles. The van der Waals surface area contributed by atoms with Crippen LogP contribution in [0.15, 0.2) is 65.8 Å². The second-order valence-corrected chi connectivity index (χ2v) is 7.65. The summed E-state index contributed by atoms with van der Waals surface area (Å²) in [6, 6.07) is 18.6. The monoisotopic (exact) mass is 420 g/mol. The molecule has 3 aromatic rings. The van der Waals surface area contributed by atoms with Gasteiger partial charge < -0.3 is 24.8 Å². The quantitative estimate of drug-likeness (QED) is 0.432. The topological polar surface area (TPSA) is 68.8 Å². The van der Waals surface area contributed by atoms with Gasteiger partial charge >= 0.3 is 0 Å². The van der Waals surface area contributed by atoms with Crippen molar-refractivity contribution in [2.24, 2.45) is 4.99 Å². The van der Waals surface area contributed by atoms with Gasteiger partial charge in [0, 0.05) is 20.6 Å². The lowest BCUT2D eigenvalue weighted by molar-refractivity contribution is 0.294. The van der Waals surface area contributed by atoms with Gasteiger partial charge in [-0.15, -0.1) is 0 Å². The summed E-state index contributed by atoms with van der Waals surface area (Å²) in [7, 11) is 9.65. The fraction of sp³-hybridized carbons (Fsp3) is 0.333. The van der Waals surface area contributed by atoms with Crippen LogP contribution in [0.1, 0.15) is 17.4 Å². The van der Waals surface area contributed by atoms with Crippen LogP contribution in [-0.4, -0.2) is 67.6 Å². The molecule has 31 heavy (non-hydrogen) atoms. The van der Waals surface area contributed by atoms with Crippen LogP contribution in [0.2, 0.25) is 0 Å². The largest absolute Gasteiger partial charge is 0.497 e. The maximum Gasteiger partial charge on any atom is 0.193 e. The zero-order valence-electron chi connectivity index (χ0n) is 19.0. The summed E-state index contributed by atoms with van der Waals surface area (Å²) < 4.78 is 5.39. The molecule has 0 saturated carbocycles. The Morgan fingerprint density at radius 3 is 2.58 bits per heavy atom. The number of aromatic amines is 1. The van der Waals surface area contributed by atoms with Crippen molar-refractivity contribution in [1.29, 1.82) is 0 Å². The van der Waals surface area contributed by atoms with E-state index in [-0.39, 0.29) is 6.04 Å². The summed E-state index contributed by atoms with van der Waals surface area (Å²) in [5.41, 5.74) is 3.32. The number of nitrogens with zero attached hydrogens (tertiary/aromatic N) is 4. The molecule has 0 spiro atoms. The molecule has 0 aliphatic rings. The van der Waals surface area contributed by atoms with Gasteiger partial charge in [0.05, 0.1) is 31.6 Å². The van der Waals surface area contributed by atoms with Crippen molar-refractivity contribution in [3.05, 3.63) is 72.2 Å². The summed E-state index contributed by atoms with van der Waals surface area (Å²) in [5.74, 6) is 2.56. The first kappa shape index (κ1) is 22.4. The molecule has 7 nitrogen and oxygen atoms in total. The van der Waals surface area contributed by atoms with E-state index in [1.54, 1.807) is 14.2 Å². The van der Waals surface area contributed by atoms with Gasteiger partial charge in [0.2, 0.25) is 0 Å². The summed E-state index contributed by atoms with van der Waals surface area (Å²) in [4.78, 5) is 16.6. The molecule has 3 rings (SSSR count). The van der Waals surface area contributed by atoms with Crippen LogP contribution in [0, 0.1) is 0 Å². The van der Waals surface area contributed by atoms with Crippen molar-refractivity contribution in [3.63, 3.8) is 0 Å². The lowest BCUT2D eigenvalue weighted by Crippen LogP contribution is -2.42. The molecule has 2 N–H and O–H groups in total. The van der Waals surface area contributed by atoms with Crippen molar-refractivity contribution in [2.45, 2.75) is 12.6 Å². The Bertz CT molecular complexity index is 982. The number of rotatable bonds is 8. The Kier molecular flexibility index (Phi) is 7.67. The third kappa shape index (κ3) is 5.86. The van der Waals surface area contributed by atoms with Gasteiger partial charge in [-0.3, -0.25) is 4.99 Å². The minimum absolute atomic E-state index is 0.175. The minimum atomic E-state index is 0.175. The van der Waals surface area contributed by atoms with E-state index in [1.165, 1.54) is 5.56 Å². The zero-order chi connectivity index (χ0) is 22.2. The molecule has 164 valence electrons. The number of nitrogens with one attached hydrogen (secondary N) is 2. The highest BCUT2D eigenvalue weighted by molar-refractivity contribution is 5.79. The van der Waals surface area contributed by atoms with Gasteiger partial charge in [-0.1, -0.05) is 42.5 Å². The molecule has 1 aromatic heterocycles. The number of hydrogen-bond donors (Lipinski definition) is 2. The lowest BCUT2D eigenvalue weighted by atomic mass is 10.1. The maximum atomic E-state index is 5.39. The number of methoxy groups -OCH3 is 1. The second-order valence-electron chi connectivity index (χ2n) is 7.65. The Morgan fingerprint density at radius 1 is 1.13 bits per heavy atom. The van der Waals surface area contributed by atoms with Crippen LogP contribution in [0.5, 0.6) is 5.75 Å². The Morgan fingerprint density at radius 2 is 1.90 bits per heavy atom. The molecule has 0 saturated heterocycles. The summed E-state index contributed by atoms with van der Waals surface area (Å²) in [5, 5.41) is 3.50. The molecule has 1 unspecified atom stereocenters. The van der Waals surface area contributed by atoms with E-state index >= 15 is 0 Å². The van der Waals surface area contributed by atoms with Crippen molar-refractivity contribution in [1.82, 2.24) is 25.1 Å². The van der Waals surface area contributed by atoms with Crippen LogP contribution in [0.3, 0.4) is 0 Å². The number of guanidine groups is 1. The first-order chi connectivity index (χ1) is 15.0. The van der Waals surface area contributed by atoms with E-state index < -0.39 is 0 Å². The van der Waals surface area contributed by atoms with Gasteiger partial charge in [0.1, 0.15) is 11.6 Å². The third-order valence-electron chi connectivity index (χ3n) is 5.23. The molecule has 0 aliphatic carbocycles. The van der Waals surface area contributed by atoms with E-state index in [4.69, 9.17) is 4.74 Å². The number of imidazole rings is 1. The van der Waals surface area contributed by atoms with E-state index in [0.717, 1.165) is 28.8 Å². The van der Waals surface area contributed by atoms with Crippen molar-refractivity contribution in [2.75, 3.05) is 41.8 Å². The SMILES string of the molecule is CN=C(NCC(c1cccc(OC)c1)N(C)C)N(C)Cc1ncc(-c2ccccc2)[nH]1. The average molecular weight is 421 g/mol. The van der Waals surface area contributed by atoms with E-state index in [0.29, 0.717) is 13.1 Å². The molecule has 0 fully saturated rings. The summed E-state index contributed by atoms with van der Waals surface area (Å²) in [6.07, 6.45) is 1.87. The molecular formula is C24H32N6O. The van der Waals surface area contributed by atoms with Crippen LogP contribution in [-0.2, 0) is 6.54 Å². The molecule has 0 bridgehead atoms. The summed E-state index contributed by atoms with van der Waals surface area (Å²) in [6.45, 7) is 1.34. The fourth-order valence-corrected chi connectivity index (χ4v) is 3.53. The Labute approximate surface area is 184 Å². The summed E-state index contributed by atoms with van der Waals surface area (Å²) >= 11 is 0. The van der Waals surface area contributed by atoms with Crippen LogP contribution in [0.4, 0.5) is 0 Å². The maximum absolute atomic E-state index is 5.39. The number of aliphatic imine (C=N–C) groups is 1. The first-order valence-corrected chi connectivity index (χ1v) is 10.3. The molecule has 1 atom stereocenters. The number of likely N-dealkylation sites (N-methyl/N-ethyl adjacent to an activating group) is 1. The predicted octanol–water partition coefficient (Wildman–Crippen LogP) is 3.40. The van der Waals surface area contributed by atoms with Gasteiger partial charge in [0.15, 0.2) is 5.96 Å². The van der Waals surface area contributed by atoms with Gasteiger partial charge in [0.25, 0.3) is 0 Å².